The van der Waals surface area contributed by atoms with E-state index in [1.165, 1.54) is 29.7 Å². The Bertz CT molecular complexity index is 834. The number of carboxylic acids is 1. The van der Waals surface area contributed by atoms with Gasteiger partial charge in [-0.05, 0) is 64.5 Å². The molecule has 0 bridgehead atoms. The summed E-state index contributed by atoms with van der Waals surface area (Å²) in [5, 5.41) is 8.95. The van der Waals surface area contributed by atoms with E-state index in [1.54, 1.807) is 6.07 Å². The molecule has 0 spiro atoms. The smallest absolute Gasteiger partial charge is 0.338 e. The summed E-state index contributed by atoms with van der Waals surface area (Å²) in [5.41, 5.74) is 4.74. The molecule has 2 nitrogen and oxygen atoms in total. The Morgan fingerprint density at radius 2 is 1.52 bits per heavy atom. The maximum Gasteiger partial charge on any atom is 0.338 e. The van der Waals surface area contributed by atoms with Crippen molar-refractivity contribution in [1.29, 1.82) is 0 Å². The second-order valence-electron chi connectivity index (χ2n) is 8.44. The number of hydrogen-bond donors (Lipinski definition) is 1. The highest BCUT2D eigenvalue weighted by atomic mass is 19.1. The van der Waals surface area contributed by atoms with E-state index in [1.807, 2.05) is 0 Å². The normalized spacial score (nSPS) is 17.8. The first-order valence-corrected chi connectivity index (χ1v) is 8.76. The van der Waals surface area contributed by atoms with Crippen molar-refractivity contribution in [3.63, 3.8) is 0 Å². The molecule has 25 heavy (non-hydrogen) atoms. The van der Waals surface area contributed by atoms with E-state index in [0.29, 0.717) is 6.42 Å². The molecule has 0 aliphatic heterocycles. The van der Waals surface area contributed by atoms with Gasteiger partial charge in [0.2, 0.25) is 0 Å². The highest BCUT2D eigenvalue weighted by molar-refractivity contribution is 5.87. The lowest BCUT2D eigenvalue weighted by Crippen LogP contribution is -2.33. The van der Waals surface area contributed by atoms with Crippen LogP contribution < -0.4 is 0 Å². The lowest BCUT2D eigenvalue weighted by atomic mass is 9.63. The van der Waals surface area contributed by atoms with E-state index >= 15 is 0 Å². The second kappa shape index (κ2) is 5.98. The van der Waals surface area contributed by atoms with Gasteiger partial charge in [0.15, 0.2) is 0 Å². The summed E-state index contributed by atoms with van der Waals surface area (Å²) < 4.78 is 13.9. The van der Waals surface area contributed by atoms with E-state index in [-0.39, 0.29) is 16.4 Å². The van der Waals surface area contributed by atoms with E-state index < -0.39 is 11.8 Å². The van der Waals surface area contributed by atoms with E-state index in [0.717, 1.165) is 17.5 Å². The molecule has 2 aromatic rings. The number of rotatable bonds is 3. The lowest BCUT2D eigenvalue weighted by Gasteiger charge is -2.42. The van der Waals surface area contributed by atoms with Crippen molar-refractivity contribution in [1.82, 2.24) is 0 Å². The summed E-state index contributed by atoms with van der Waals surface area (Å²) in [5.74, 6) is -1.91. The molecule has 2 aromatic carbocycles. The molecular weight excluding hydrogens is 315 g/mol. The molecule has 0 fully saturated rings. The minimum Gasteiger partial charge on any atom is -0.478 e. The molecule has 1 aliphatic carbocycles. The van der Waals surface area contributed by atoms with Gasteiger partial charge in [0.25, 0.3) is 0 Å². The molecule has 1 N–H and O–H groups in total. The molecule has 3 rings (SSSR count). The molecule has 0 aromatic heterocycles. The van der Waals surface area contributed by atoms with Crippen molar-refractivity contribution in [3.05, 3.63) is 70.0 Å². The van der Waals surface area contributed by atoms with Crippen molar-refractivity contribution >= 4 is 5.97 Å². The molecule has 0 amide bonds. The quantitative estimate of drug-likeness (QED) is 0.805. The van der Waals surface area contributed by atoms with Crippen LogP contribution >= 0.6 is 0 Å². The predicted molar refractivity (Wildman–Crippen MR) is 97.9 cm³/mol. The molecule has 132 valence electrons. The number of carboxylic acid groups (broad SMARTS) is 1. The SMILES string of the molecule is CC1(C)CCC(C)(C)c2cc(Cc3ccc(C(=O)O)c(F)c3)ccc21. The summed E-state index contributed by atoms with van der Waals surface area (Å²) in [4.78, 5) is 10.9. The zero-order valence-corrected chi connectivity index (χ0v) is 15.3. The van der Waals surface area contributed by atoms with Crippen LogP contribution in [0.4, 0.5) is 4.39 Å². The maximum absolute atomic E-state index is 13.9. The fraction of sp³-hybridized carbons (Fsp3) is 0.409. The third-order valence-electron chi connectivity index (χ3n) is 5.59. The zero-order chi connectivity index (χ0) is 18.4. The van der Waals surface area contributed by atoms with Crippen LogP contribution in [0.3, 0.4) is 0 Å². The fourth-order valence-electron chi connectivity index (χ4n) is 3.82. The molecule has 0 saturated heterocycles. The van der Waals surface area contributed by atoms with Gasteiger partial charge in [-0.1, -0.05) is 52.0 Å². The maximum atomic E-state index is 13.9. The molecule has 0 atom stereocenters. The van der Waals surface area contributed by atoms with Crippen LogP contribution in [-0.2, 0) is 17.3 Å². The summed E-state index contributed by atoms with van der Waals surface area (Å²) >= 11 is 0. The van der Waals surface area contributed by atoms with Crippen LogP contribution in [0.15, 0.2) is 36.4 Å². The summed E-state index contributed by atoms with van der Waals surface area (Å²) in [6.45, 7) is 9.15. The van der Waals surface area contributed by atoms with Gasteiger partial charge in [-0.3, -0.25) is 0 Å². The highest BCUT2D eigenvalue weighted by Crippen LogP contribution is 2.46. The van der Waals surface area contributed by atoms with Gasteiger partial charge in [0.05, 0.1) is 5.56 Å². The first-order chi connectivity index (χ1) is 11.6. The number of fused-ring (bicyclic) bond motifs is 1. The van der Waals surface area contributed by atoms with E-state index in [4.69, 9.17) is 5.11 Å². The Hall–Kier alpha value is -2.16. The minimum atomic E-state index is -1.23. The third kappa shape index (κ3) is 3.33. The number of halogens is 1. The van der Waals surface area contributed by atoms with Crippen molar-refractivity contribution < 1.29 is 14.3 Å². The molecule has 0 radical (unpaired) electrons. The molecule has 0 saturated carbocycles. The Morgan fingerprint density at radius 1 is 0.960 bits per heavy atom. The lowest BCUT2D eigenvalue weighted by molar-refractivity contribution is 0.0692. The van der Waals surface area contributed by atoms with Gasteiger partial charge >= 0.3 is 5.97 Å². The fourth-order valence-corrected chi connectivity index (χ4v) is 3.82. The number of benzene rings is 2. The minimum absolute atomic E-state index is 0.138. The number of carbonyl (C=O) groups is 1. The van der Waals surface area contributed by atoms with Gasteiger partial charge in [0.1, 0.15) is 5.82 Å². The standard InChI is InChI=1S/C22H25FO2/c1-21(2)9-10-22(3,4)18-12-14(6-8-17(18)21)11-15-5-7-16(20(24)25)19(23)13-15/h5-8,12-13H,9-11H2,1-4H3,(H,24,25). The second-order valence-corrected chi connectivity index (χ2v) is 8.44. The van der Waals surface area contributed by atoms with Crippen molar-refractivity contribution in [2.75, 3.05) is 0 Å². The average Bonchev–Trinajstić information content (AvgIpc) is 2.52. The summed E-state index contributed by atoms with van der Waals surface area (Å²) in [6, 6.07) is 11.0. The van der Waals surface area contributed by atoms with Crippen molar-refractivity contribution in [2.24, 2.45) is 0 Å². The van der Waals surface area contributed by atoms with Gasteiger partial charge in [0, 0.05) is 0 Å². The third-order valence-corrected chi connectivity index (χ3v) is 5.59. The first-order valence-electron chi connectivity index (χ1n) is 8.76. The zero-order valence-electron chi connectivity index (χ0n) is 15.3. The molecule has 0 unspecified atom stereocenters. The first kappa shape index (κ1) is 17.7. The van der Waals surface area contributed by atoms with Gasteiger partial charge in [-0.25, -0.2) is 9.18 Å². The van der Waals surface area contributed by atoms with Gasteiger partial charge < -0.3 is 5.11 Å². The van der Waals surface area contributed by atoms with Crippen LogP contribution in [0.2, 0.25) is 0 Å². The number of hydrogen-bond acceptors (Lipinski definition) is 1. The van der Waals surface area contributed by atoms with Crippen LogP contribution in [0.5, 0.6) is 0 Å². The molecule has 1 aliphatic rings. The van der Waals surface area contributed by atoms with Crippen LogP contribution in [0, 0.1) is 5.82 Å². The Labute approximate surface area is 148 Å². The predicted octanol–water partition coefficient (Wildman–Crippen LogP) is 5.46. The highest BCUT2D eigenvalue weighted by Gasteiger charge is 2.36. The van der Waals surface area contributed by atoms with Crippen molar-refractivity contribution in [2.45, 2.75) is 57.8 Å². The molecular formula is C22H25FO2. The number of aromatic carboxylic acids is 1. The average molecular weight is 340 g/mol. The largest absolute Gasteiger partial charge is 0.478 e. The van der Waals surface area contributed by atoms with E-state index in [2.05, 4.69) is 45.9 Å². The monoisotopic (exact) mass is 340 g/mol. The Balaban J connectivity index is 1.95. The summed E-state index contributed by atoms with van der Waals surface area (Å²) in [6.07, 6.45) is 2.92. The van der Waals surface area contributed by atoms with Gasteiger partial charge in [-0.2, -0.15) is 0 Å². The Kier molecular flexibility index (Phi) is 4.22. The van der Waals surface area contributed by atoms with Gasteiger partial charge in [-0.15, -0.1) is 0 Å². The summed E-state index contributed by atoms with van der Waals surface area (Å²) in [7, 11) is 0. The van der Waals surface area contributed by atoms with Crippen LogP contribution in [-0.4, -0.2) is 11.1 Å². The topological polar surface area (TPSA) is 37.3 Å². The van der Waals surface area contributed by atoms with Crippen LogP contribution in [0.25, 0.3) is 0 Å². The van der Waals surface area contributed by atoms with Crippen LogP contribution in [0.1, 0.15) is 73.1 Å². The Morgan fingerprint density at radius 3 is 2.12 bits per heavy atom. The van der Waals surface area contributed by atoms with E-state index in [9.17, 15) is 9.18 Å². The molecule has 3 heteroatoms. The molecule has 0 heterocycles. The van der Waals surface area contributed by atoms with Crippen molar-refractivity contribution in [3.8, 4) is 0 Å².